The Labute approximate surface area is 175 Å². The van der Waals surface area contributed by atoms with E-state index < -0.39 is 10.0 Å². The molecule has 2 heterocycles. The van der Waals surface area contributed by atoms with E-state index in [1.54, 1.807) is 32.0 Å². The summed E-state index contributed by atoms with van der Waals surface area (Å²) in [4.78, 5) is 0.136. The van der Waals surface area contributed by atoms with Gasteiger partial charge < -0.3 is 0 Å². The van der Waals surface area contributed by atoms with Crippen LogP contribution in [0.5, 0.6) is 0 Å². The van der Waals surface area contributed by atoms with Crippen LogP contribution in [0.15, 0.2) is 71.6 Å². The van der Waals surface area contributed by atoms with Crippen LogP contribution in [0.25, 0.3) is 17.1 Å². The van der Waals surface area contributed by atoms with Crippen molar-refractivity contribution in [2.75, 3.05) is 4.72 Å². The van der Waals surface area contributed by atoms with E-state index in [2.05, 4.69) is 20.0 Å². The van der Waals surface area contributed by atoms with E-state index in [1.807, 2.05) is 55.5 Å². The van der Waals surface area contributed by atoms with Crippen LogP contribution in [0.1, 0.15) is 17.0 Å². The summed E-state index contributed by atoms with van der Waals surface area (Å²) in [7, 11) is -3.81. The molecule has 8 heteroatoms. The summed E-state index contributed by atoms with van der Waals surface area (Å²) in [6.07, 6.45) is 0. The third-order valence-electron chi connectivity index (χ3n) is 4.73. The SMILES string of the molecule is Cc1ccc(NS(=O)(=O)c2c(C)nn(-c3ccc(-c4ccccc4)nn3)c2C)cc1. The lowest BCUT2D eigenvalue weighted by atomic mass is 10.1. The number of nitrogens with one attached hydrogen (secondary N) is 1. The molecule has 4 aromatic rings. The molecular weight excluding hydrogens is 398 g/mol. The Hall–Kier alpha value is -3.52. The minimum Gasteiger partial charge on any atom is -0.280 e. The fraction of sp³-hybridized carbons (Fsp3) is 0.136. The third-order valence-corrected chi connectivity index (χ3v) is 6.37. The van der Waals surface area contributed by atoms with Crippen LogP contribution >= 0.6 is 0 Å². The number of aromatic nitrogens is 4. The summed E-state index contributed by atoms with van der Waals surface area (Å²) in [6, 6.07) is 20.5. The normalized spacial score (nSPS) is 11.4. The Bertz CT molecular complexity index is 1280. The number of hydrogen-bond acceptors (Lipinski definition) is 5. The predicted octanol–water partition coefficient (Wildman–Crippen LogP) is 4.06. The highest BCUT2D eigenvalue weighted by molar-refractivity contribution is 7.92. The number of anilines is 1. The van der Waals surface area contributed by atoms with Gasteiger partial charge in [-0.15, -0.1) is 10.2 Å². The summed E-state index contributed by atoms with van der Waals surface area (Å²) in [5.74, 6) is 0.451. The van der Waals surface area contributed by atoms with E-state index in [0.29, 0.717) is 22.9 Å². The number of hydrogen-bond donors (Lipinski definition) is 1. The van der Waals surface area contributed by atoms with Gasteiger partial charge in [0.1, 0.15) is 4.90 Å². The highest BCUT2D eigenvalue weighted by Gasteiger charge is 2.25. The molecule has 0 saturated carbocycles. The molecule has 0 aliphatic carbocycles. The minimum absolute atomic E-state index is 0.136. The van der Waals surface area contributed by atoms with Crippen LogP contribution in [0, 0.1) is 20.8 Å². The lowest BCUT2D eigenvalue weighted by molar-refractivity contribution is 0.600. The van der Waals surface area contributed by atoms with Crippen LogP contribution in [0.4, 0.5) is 5.69 Å². The largest absolute Gasteiger partial charge is 0.280 e. The molecule has 1 N–H and O–H groups in total. The van der Waals surface area contributed by atoms with Crippen molar-refractivity contribution in [2.24, 2.45) is 0 Å². The second kappa shape index (κ2) is 7.72. The van der Waals surface area contributed by atoms with Crippen molar-refractivity contribution in [1.82, 2.24) is 20.0 Å². The van der Waals surface area contributed by atoms with Crippen molar-refractivity contribution in [3.8, 4) is 17.1 Å². The van der Waals surface area contributed by atoms with Gasteiger partial charge in [0.15, 0.2) is 5.82 Å². The van der Waals surface area contributed by atoms with Crippen molar-refractivity contribution in [3.63, 3.8) is 0 Å². The van der Waals surface area contributed by atoms with Crippen molar-refractivity contribution >= 4 is 15.7 Å². The van der Waals surface area contributed by atoms with Gasteiger partial charge in [0, 0.05) is 11.3 Å². The molecule has 2 aromatic heterocycles. The second-order valence-corrected chi connectivity index (χ2v) is 8.65. The molecule has 152 valence electrons. The average Bonchev–Trinajstić information content (AvgIpc) is 3.05. The summed E-state index contributed by atoms with van der Waals surface area (Å²) >= 11 is 0. The molecule has 30 heavy (non-hydrogen) atoms. The average molecular weight is 420 g/mol. The van der Waals surface area contributed by atoms with Crippen LogP contribution in [-0.2, 0) is 10.0 Å². The zero-order valence-corrected chi connectivity index (χ0v) is 17.7. The quantitative estimate of drug-likeness (QED) is 0.527. The molecular formula is C22H21N5O2S. The van der Waals surface area contributed by atoms with Gasteiger partial charge in [-0.1, -0.05) is 48.0 Å². The van der Waals surface area contributed by atoms with Gasteiger partial charge in [-0.05, 0) is 45.0 Å². The maximum absolute atomic E-state index is 13.0. The molecule has 0 bridgehead atoms. The van der Waals surface area contributed by atoms with Gasteiger partial charge in [0.05, 0.1) is 17.1 Å². The Balaban J connectivity index is 1.67. The maximum atomic E-state index is 13.0. The topological polar surface area (TPSA) is 89.8 Å². The molecule has 0 aliphatic heterocycles. The van der Waals surface area contributed by atoms with Crippen molar-refractivity contribution in [2.45, 2.75) is 25.7 Å². The molecule has 0 aliphatic rings. The van der Waals surface area contributed by atoms with Crippen molar-refractivity contribution in [3.05, 3.63) is 83.7 Å². The molecule has 0 radical (unpaired) electrons. The fourth-order valence-electron chi connectivity index (χ4n) is 3.27. The summed E-state index contributed by atoms with van der Waals surface area (Å²) in [6.45, 7) is 5.32. The monoisotopic (exact) mass is 419 g/mol. The highest BCUT2D eigenvalue weighted by Crippen LogP contribution is 2.25. The van der Waals surface area contributed by atoms with Crippen molar-refractivity contribution < 1.29 is 8.42 Å². The lowest BCUT2D eigenvalue weighted by Crippen LogP contribution is -2.15. The molecule has 0 unspecified atom stereocenters. The summed E-state index contributed by atoms with van der Waals surface area (Å²) < 4.78 is 30.1. The maximum Gasteiger partial charge on any atom is 0.265 e. The van der Waals surface area contributed by atoms with Crippen molar-refractivity contribution in [1.29, 1.82) is 0 Å². The van der Waals surface area contributed by atoms with Gasteiger partial charge in [-0.3, -0.25) is 4.72 Å². The van der Waals surface area contributed by atoms with Gasteiger partial charge in [0.25, 0.3) is 10.0 Å². The van der Waals surface area contributed by atoms with E-state index in [0.717, 1.165) is 16.8 Å². The Kier molecular flexibility index (Phi) is 5.09. The molecule has 0 amide bonds. The summed E-state index contributed by atoms with van der Waals surface area (Å²) in [5, 5.41) is 12.9. The fourth-order valence-corrected chi connectivity index (χ4v) is 4.72. The van der Waals surface area contributed by atoms with Crippen LogP contribution in [0.2, 0.25) is 0 Å². The number of sulfonamides is 1. The minimum atomic E-state index is -3.81. The van der Waals surface area contributed by atoms with Gasteiger partial charge in [0.2, 0.25) is 0 Å². The Morgan fingerprint density at radius 2 is 1.53 bits per heavy atom. The third kappa shape index (κ3) is 3.81. The van der Waals surface area contributed by atoms with Gasteiger partial charge in [-0.2, -0.15) is 5.10 Å². The van der Waals surface area contributed by atoms with E-state index in [-0.39, 0.29) is 4.90 Å². The Morgan fingerprint density at radius 1 is 0.833 bits per heavy atom. The zero-order valence-electron chi connectivity index (χ0n) is 16.9. The zero-order chi connectivity index (χ0) is 21.3. The van der Waals surface area contributed by atoms with Gasteiger partial charge >= 0.3 is 0 Å². The van der Waals surface area contributed by atoms with E-state index in [1.165, 1.54) is 4.68 Å². The molecule has 4 rings (SSSR count). The summed E-state index contributed by atoms with van der Waals surface area (Å²) in [5.41, 5.74) is 4.09. The second-order valence-electron chi connectivity index (χ2n) is 7.03. The molecule has 2 aromatic carbocycles. The molecule has 0 spiro atoms. The molecule has 7 nitrogen and oxygen atoms in total. The first-order valence-corrected chi connectivity index (χ1v) is 10.9. The van der Waals surface area contributed by atoms with Gasteiger partial charge in [-0.25, -0.2) is 13.1 Å². The molecule has 0 saturated heterocycles. The standard InChI is InChI=1S/C22H21N5O2S/c1-15-9-11-19(12-10-15)26-30(28,29)22-16(2)25-27(17(22)3)21-14-13-20(23-24-21)18-7-5-4-6-8-18/h4-14,26H,1-3H3. The molecule has 0 fully saturated rings. The van der Waals surface area contributed by atoms with Crippen LogP contribution in [-0.4, -0.2) is 28.4 Å². The first-order chi connectivity index (χ1) is 14.3. The first kappa shape index (κ1) is 19.8. The molecule has 0 atom stereocenters. The number of rotatable bonds is 5. The number of benzene rings is 2. The first-order valence-electron chi connectivity index (χ1n) is 9.40. The lowest BCUT2D eigenvalue weighted by Gasteiger charge is -2.09. The van der Waals surface area contributed by atoms with E-state index in [9.17, 15) is 8.42 Å². The number of aryl methyl sites for hydroxylation is 2. The van der Waals surface area contributed by atoms with E-state index in [4.69, 9.17) is 0 Å². The number of nitrogens with zero attached hydrogens (tertiary/aromatic N) is 4. The van der Waals surface area contributed by atoms with Crippen LogP contribution < -0.4 is 4.72 Å². The highest BCUT2D eigenvalue weighted by atomic mass is 32.2. The Morgan fingerprint density at radius 3 is 2.17 bits per heavy atom. The smallest absolute Gasteiger partial charge is 0.265 e. The van der Waals surface area contributed by atoms with E-state index >= 15 is 0 Å². The van der Waals surface area contributed by atoms with Crippen LogP contribution in [0.3, 0.4) is 0 Å². The predicted molar refractivity (Wildman–Crippen MR) is 116 cm³/mol.